The first-order chi connectivity index (χ1) is 13.2. The molecule has 28 heavy (non-hydrogen) atoms. The van der Waals surface area contributed by atoms with Crippen LogP contribution in [0.2, 0.25) is 5.02 Å². The molecule has 144 valence electrons. The van der Waals surface area contributed by atoms with E-state index in [1.807, 2.05) is 44.2 Å². The first-order valence-electron chi connectivity index (χ1n) is 8.93. The molecule has 0 unspecified atom stereocenters. The molecule has 6 heteroatoms. The molecule has 5 nitrogen and oxygen atoms in total. The van der Waals surface area contributed by atoms with Crippen LogP contribution in [0.3, 0.4) is 0 Å². The Labute approximate surface area is 169 Å². The number of carbonyl (C=O) groups is 2. The molecular weight excluding hydrogens is 374 g/mol. The summed E-state index contributed by atoms with van der Waals surface area (Å²) < 4.78 is 0. The zero-order valence-electron chi connectivity index (χ0n) is 16.3. The van der Waals surface area contributed by atoms with Crippen molar-refractivity contribution in [1.29, 1.82) is 0 Å². The monoisotopic (exact) mass is 395 g/mol. The molecule has 0 aliphatic carbocycles. The summed E-state index contributed by atoms with van der Waals surface area (Å²) in [5.74, 6) is -0.865. The van der Waals surface area contributed by atoms with Gasteiger partial charge in [-0.1, -0.05) is 35.9 Å². The molecule has 0 atom stereocenters. The molecule has 0 saturated heterocycles. The summed E-state index contributed by atoms with van der Waals surface area (Å²) in [7, 11) is 0. The minimum atomic E-state index is -1.32. The highest BCUT2D eigenvalue weighted by Gasteiger charge is 2.37. The largest absolute Gasteiger partial charge is 0.324 e. The first kappa shape index (κ1) is 19.8. The number of hydrogen-bond donors (Lipinski definition) is 2. The van der Waals surface area contributed by atoms with Crippen LogP contribution in [0.25, 0.3) is 10.9 Å². The molecule has 2 aromatic carbocycles. The Balaban J connectivity index is 1.83. The summed E-state index contributed by atoms with van der Waals surface area (Å²) in [4.78, 5) is 30.1. The van der Waals surface area contributed by atoms with Gasteiger partial charge in [0.05, 0.1) is 21.9 Å². The summed E-state index contributed by atoms with van der Waals surface area (Å²) in [6.07, 6.45) is 1.66. The maximum Gasteiger partial charge on any atom is 0.239 e. The van der Waals surface area contributed by atoms with E-state index in [0.717, 1.165) is 16.5 Å². The molecule has 0 aliphatic heterocycles. The number of amides is 2. The first-order valence-corrected chi connectivity index (χ1v) is 9.31. The number of fused-ring (bicyclic) bond motifs is 1. The fourth-order valence-electron chi connectivity index (χ4n) is 2.93. The molecular formula is C22H22ClN3O2. The van der Waals surface area contributed by atoms with Crippen LogP contribution in [0.1, 0.15) is 25.0 Å². The molecule has 0 bridgehead atoms. The van der Waals surface area contributed by atoms with Gasteiger partial charge in [-0.15, -0.1) is 0 Å². The number of aryl methyl sites for hydroxylation is 2. The molecule has 3 aromatic rings. The molecule has 2 amide bonds. The van der Waals surface area contributed by atoms with Crippen molar-refractivity contribution in [2.45, 2.75) is 27.7 Å². The summed E-state index contributed by atoms with van der Waals surface area (Å²) in [6, 6.07) is 13.0. The zero-order chi connectivity index (χ0) is 20.5. The maximum atomic E-state index is 12.9. The van der Waals surface area contributed by atoms with E-state index in [1.54, 1.807) is 32.2 Å². The normalized spacial score (nSPS) is 11.3. The highest BCUT2D eigenvalue weighted by atomic mass is 35.5. The van der Waals surface area contributed by atoms with Crippen molar-refractivity contribution >= 4 is 45.7 Å². The minimum absolute atomic E-state index is 0.427. The van der Waals surface area contributed by atoms with Crippen LogP contribution in [-0.4, -0.2) is 16.8 Å². The van der Waals surface area contributed by atoms with Crippen LogP contribution in [0.5, 0.6) is 0 Å². The van der Waals surface area contributed by atoms with Crippen LogP contribution in [0, 0.1) is 19.3 Å². The fourth-order valence-corrected chi connectivity index (χ4v) is 3.30. The van der Waals surface area contributed by atoms with E-state index in [2.05, 4.69) is 15.6 Å². The third kappa shape index (κ3) is 3.85. The van der Waals surface area contributed by atoms with Crippen molar-refractivity contribution in [3.8, 4) is 0 Å². The number of hydrogen-bond acceptors (Lipinski definition) is 3. The number of halogens is 1. The van der Waals surface area contributed by atoms with Crippen LogP contribution in [0.15, 0.2) is 48.7 Å². The molecule has 0 fully saturated rings. The van der Waals surface area contributed by atoms with Gasteiger partial charge in [0.2, 0.25) is 11.8 Å². The van der Waals surface area contributed by atoms with Gasteiger partial charge < -0.3 is 10.6 Å². The average Bonchev–Trinajstić information content (AvgIpc) is 2.64. The third-order valence-electron chi connectivity index (χ3n) is 4.69. The summed E-state index contributed by atoms with van der Waals surface area (Å²) >= 11 is 6.28. The lowest BCUT2D eigenvalue weighted by Gasteiger charge is -2.24. The van der Waals surface area contributed by atoms with Gasteiger partial charge >= 0.3 is 0 Å². The second-order valence-electron chi connectivity index (χ2n) is 7.35. The maximum absolute atomic E-state index is 12.9. The quantitative estimate of drug-likeness (QED) is 0.603. The summed E-state index contributed by atoms with van der Waals surface area (Å²) in [5, 5.41) is 6.99. The number of para-hydroxylation sites is 1. The Morgan fingerprint density at radius 2 is 1.68 bits per heavy atom. The number of pyridine rings is 1. The number of anilines is 2. The van der Waals surface area contributed by atoms with E-state index in [1.165, 1.54) is 0 Å². The number of nitrogens with one attached hydrogen (secondary N) is 2. The van der Waals surface area contributed by atoms with Crippen LogP contribution < -0.4 is 10.6 Å². The Morgan fingerprint density at radius 1 is 1.00 bits per heavy atom. The SMILES string of the molecule is Cc1cc(C)c(NC(=O)C(C)(C)C(=O)Nc2cccc3cccnc23)c(Cl)c1. The molecule has 1 heterocycles. The van der Waals surface area contributed by atoms with Crippen molar-refractivity contribution in [3.63, 3.8) is 0 Å². The lowest BCUT2D eigenvalue weighted by atomic mass is 9.90. The van der Waals surface area contributed by atoms with E-state index >= 15 is 0 Å². The van der Waals surface area contributed by atoms with E-state index < -0.39 is 17.2 Å². The van der Waals surface area contributed by atoms with Crippen LogP contribution >= 0.6 is 11.6 Å². The fraction of sp³-hybridized carbons (Fsp3) is 0.227. The van der Waals surface area contributed by atoms with Gasteiger partial charge in [-0.05, 0) is 57.0 Å². The highest BCUT2D eigenvalue weighted by molar-refractivity contribution is 6.34. The van der Waals surface area contributed by atoms with Crippen LogP contribution in [-0.2, 0) is 9.59 Å². The number of carbonyl (C=O) groups excluding carboxylic acids is 2. The third-order valence-corrected chi connectivity index (χ3v) is 4.98. The van der Waals surface area contributed by atoms with Gasteiger partial charge in [-0.25, -0.2) is 0 Å². The second-order valence-corrected chi connectivity index (χ2v) is 7.76. The Bertz CT molecular complexity index is 1050. The van der Waals surface area contributed by atoms with Gasteiger partial charge in [0, 0.05) is 11.6 Å². The minimum Gasteiger partial charge on any atom is -0.324 e. The van der Waals surface area contributed by atoms with Crippen LogP contribution in [0.4, 0.5) is 11.4 Å². The van der Waals surface area contributed by atoms with E-state index in [-0.39, 0.29) is 0 Å². The second kappa shape index (κ2) is 7.60. The van der Waals surface area contributed by atoms with E-state index in [9.17, 15) is 9.59 Å². The standard InChI is InChI=1S/C22H22ClN3O2/c1-13-11-14(2)18(16(23)12-13)26-21(28)22(3,4)20(27)25-17-9-5-7-15-8-6-10-24-19(15)17/h5-12H,1-4H3,(H,25,27)(H,26,28). The highest BCUT2D eigenvalue weighted by Crippen LogP contribution is 2.30. The van der Waals surface area contributed by atoms with Gasteiger partial charge in [-0.3, -0.25) is 14.6 Å². The van der Waals surface area contributed by atoms with Gasteiger partial charge in [0.15, 0.2) is 0 Å². The average molecular weight is 396 g/mol. The lowest BCUT2D eigenvalue weighted by Crippen LogP contribution is -2.41. The lowest BCUT2D eigenvalue weighted by molar-refractivity contribution is -0.135. The van der Waals surface area contributed by atoms with E-state index in [4.69, 9.17) is 11.6 Å². The topological polar surface area (TPSA) is 71.1 Å². The Kier molecular flexibility index (Phi) is 5.38. The van der Waals surface area contributed by atoms with Crippen molar-refractivity contribution < 1.29 is 9.59 Å². The molecule has 0 aliphatic rings. The number of nitrogens with zero attached hydrogens (tertiary/aromatic N) is 1. The smallest absolute Gasteiger partial charge is 0.239 e. The number of rotatable bonds is 4. The molecule has 1 aromatic heterocycles. The zero-order valence-corrected chi connectivity index (χ0v) is 17.0. The van der Waals surface area contributed by atoms with Gasteiger partial charge in [0.1, 0.15) is 5.41 Å². The number of benzene rings is 2. The summed E-state index contributed by atoms with van der Waals surface area (Å²) in [6.45, 7) is 6.95. The van der Waals surface area contributed by atoms with Crippen molar-refractivity contribution in [2.24, 2.45) is 5.41 Å². The van der Waals surface area contributed by atoms with Crippen molar-refractivity contribution in [3.05, 3.63) is 64.8 Å². The van der Waals surface area contributed by atoms with Crippen molar-refractivity contribution in [2.75, 3.05) is 10.6 Å². The van der Waals surface area contributed by atoms with Crippen molar-refractivity contribution in [1.82, 2.24) is 4.98 Å². The van der Waals surface area contributed by atoms with Gasteiger partial charge in [-0.2, -0.15) is 0 Å². The predicted octanol–water partition coefficient (Wildman–Crippen LogP) is 5.11. The predicted molar refractivity (Wildman–Crippen MR) is 114 cm³/mol. The Morgan fingerprint density at radius 3 is 2.39 bits per heavy atom. The molecule has 0 spiro atoms. The van der Waals surface area contributed by atoms with Gasteiger partial charge in [0.25, 0.3) is 0 Å². The van der Waals surface area contributed by atoms with E-state index in [0.29, 0.717) is 21.9 Å². The number of aromatic nitrogens is 1. The Hall–Kier alpha value is -2.92. The molecule has 0 radical (unpaired) electrons. The molecule has 3 rings (SSSR count). The molecule has 2 N–H and O–H groups in total. The molecule has 0 saturated carbocycles. The summed E-state index contributed by atoms with van der Waals surface area (Å²) in [5.41, 5.74) is 2.27.